The average molecular weight is 270 g/mol. The summed E-state index contributed by atoms with van der Waals surface area (Å²) in [6.07, 6.45) is 1.56. The van der Waals surface area contributed by atoms with Crippen molar-refractivity contribution >= 4 is 6.03 Å². The molecule has 19 heavy (non-hydrogen) atoms. The third-order valence-electron chi connectivity index (χ3n) is 2.34. The fourth-order valence-corrected chi connectivity index (χ4v) is 1.46. The van der Waals surface area contributed by atoms with Gasteiger partial charge < -0.3 is 15.4 Å². The van der Waals surface area contributed by atoms with E-state index in [1.807, 2.05) is 0 Å². The molecule has 2 N–H and O–H groups in total. The van der Waals surface area contributed by atoms with Gasteiger partial charge in [0.15, 0.2) is 0 Å². The summed E-state index contributed by atoms with van der Waals surface area (Å²) in [7, 11) is 0. The van der Waals surface area contributed by atoms with Crippen molar-refractivity contribution in [1.29, 1.82) is 0 Å². The van der Waals surface area contributed by atoms with Gasteiger partial charge in [0.2, 0.25) is 0 Å². The van der Waals surface area contributed by atoms with Crippen LogP contribution in [0.5, 0.6) is 5.75 Å². The van der Waals surface area contributed by atoms with Crippen LogP contribution in [0.2, 0.25) is 0 Å². The summed E-state index contributed by atoms with van der Waals surface area (Å²) >= 11 is 0. The Hall–Kier alpha value is -2.11. The highest BCUT2D eigenvalue weighted by Crippen LogP contribution is 2.20. The number of carbonyl (C=O) groups excluding carboxylic acids is 1. The molecular formula is C13H16F2N2O2. The van der Waals surface area contributed by atoms with Gasteiger partial charge in [-0.15, -0.1) is 6.58 Å². The molecule has 2 amide bonds. The number of alkyl halides is 2. The molecule has 4 nitrogen and oxygen atoms in total. The number of rotatable bonds is 6. The highest BCUT2D eigenvalue weighted by Gasteiger charge is 2.11. The molecule has 0 aliphatic rings. The molecule has 1 rings (SSSR count). The van der Waals surface area contributed by atoms with Crippen LogP contribution in [-0.4, -0.2) is 19.2 Å². The second-order valence-electron chi connectivity index (χ2n) is 3.82. The predicted molar refractivity (Wildman–Crippen MR) is 68.2 cm³/mol. The Balaban J connectivity index is 2.63. The molecular weight excluding hydrogens is 254 g/mol. The molecule has 104 valence electrons. The minimum absolute atomic E-state index is 0.0626. The van der Waals surface area contributed by atoms with Gasteiger partial charge in [-0.05, 0) is 24.6 Å². The summed E-state index contributed by atoms with van der Waals surface area (Å²) in [6, 6.07) is 5.52. The Morgan fingerprint density at radius 2 is 2.26 bits per heavy atom. The lowest BCUT2D eigenvalue weighted by Crippen LogP contribution is -2.37. The van der Waals surface area contributed by atoms with Gasteiger partial charge in [-0.2, -0.15) is 8.78 Å². The van der Waals surface area contributed by atoms with Crippen LogP contribution >= 0.6 is 0 Å². The highest BCUT2D eigenvalue weighted by atomic mass is 19.3. The standard InChI is InChI=1S/C13H16F2N2O2/c1-3-7-16-13(18)17-9(2)10-5-4-6-11(8-10)19-12(14)15/h3-6,8-9,12H,1,7H2,2H3,(H2,16,17,18). The molecule has 1 unspecified atom stereocenters. The normalized spacial score (nSPS) is 11.8. The summed E-state index contributed by atoms with van der Waals surface area (Å²) in [5, 5.41) is 5.23. The quantitative estimate of drug-likeness (QED) is 0.781. The van der Waals surface area contributed by atoms with Gasteiger partial charge >= 0.3 is 12.6 Å². The molecule has 0 aromatic heterocycles. The van der Waals surface area contributed by atoms with Crippen LogP contribution in [0.4, 0.5) is 13.6 Å². The molecule has 0 spiro atoms. The minimum Gasteiger partial charge on any atom is -0.435 e. The van der Waals surface area contributed by atoms with Crippen LogP contribution in [-0.2, 0) is 0 Å². The number of urea groups is 1. The lowest BCUT2D eigenvalue weighted by Gasteiger charge is -2.15. The SMILES string of the molecule is C=CCNC(=O)NC(C)c1cccc(OC(F)F)c1. The molecule has 0 saturated heterocycles. The summed E-state index contributed by atoms with van der Waals surface area (Å²) in [6.45, 7) is 2.71. The van der Waals surface area contributed by atoms with Crippen LogP contribution in [0.25, 0.3) is 0 Å². The highest BCUT2D eigenvalue weighted by molar-refractivity contribution is 5.74. The van der Waals surface area contributed by atoms with E-state index in [4.69, 9.17) is 0 Å². The van der Waals surface area contributed by atoms with Gasteiger partial charge in [-0.3, -0.25) is 0 Å². The zero-order valence-corrected chi connectivity index (χ0v) is 10.5. The maximum absolute atomic E-state index is 12.1. The lowest BCUT2D eigenvalue weighted by molar-refractivity contribution is -0.0499. The van der Waals surface area contributed by atoms with E-state index in [0.29, 0.717) is 12.1 Å². The predicted octanol–water partition coefficient (Wildman–Crippen LogP) is 2.83. The molecule has 0 fully saturated rings. The summed E-state index contributed by atoms with van der Waals surface area (Å²) in [4.78, 5) is 11.4. The Labute approximate surface area is 110 Å². The van der Waals surface area contributed by atoms with Crippen molar-refractivity contribution in [2.45, 2.75) is 19.6 Å². The van der Waals surface area contributed by atoms with Crippen LogP contribution in [0.15, 0.2) is 36.9 Å². The first-order chi connectivity index (χ1) is 9.02. The Bertz CT molecular complexity index is 438. The van der Waals surface area contributed by atoms with E-state index in [-0.39, 0.29) is 17.8 Å². The molecule has 0 bridgehead atoms. The van der Waals surface area contributed by atoms with E-state index in [0.717, 1.165) is 0 Å². The fourth-order valence-electron chi connectivity index (χ4n) is 1.46. The molecule has 0 saturated carbocycles. The van der Waals surface area contributed by atoms with Gasteiger partial charge in [0.25, 0.3) is 0 Å². The summed E-state index contributed by atoms with van der Waals surface area (Å²) in [5.74, 6) is 0.0626. The van der Waals surface area contributed by atoms with E-state index in [9.17, 15) is 13.6 Å². The summed E-state index contributed by atoms with van der Waals surface area (Å²) in [5.41, 5.74) is 0.673. The first kappa shape index (κ1) is 14.9. The molecule has 0 aliphatic heterocycles. The van der Waals surface area contributed by atoms with Gasteiger partial charge in [-0.1, -0.05) is 18.2 Å². The number of benzene rings is 1. The third kappa shape index (κ3) is 5.37. The topological polar surface area (TPSA) is 50.4 Å². The van der Waals surface area contributed by atoms with Crippen molar-refractivity contribution in [2.75, 3.05) is 6.54 Å². The van der Waals surface area contributed by atoms with E-state index < -0.39 is 6.61 Å². The van der Waals surface area contributed by atoms with Crippen LogP contribution in [0.1, 0.15) is 18.5 Å². The Kier molecular flexibility index (Phi) is 5.78. The van der Waals surface area contributed by atoms with Crippen LogP contribution in [0, 0.1) is 0 Å². The van der Waals surface area contributed by atoms with Crippen LogP contribution < -0.4 is 15.4 Å². The number of carbonyl (C=O) groups is 1. The van der Waals surface area contributed by atoms with Crippen molar-refractivity contribution in [1.82, 2.24) is 10.6 Å². The van der Waals surface area contributed by atoms with Gasteiger partial charge in [0.05, 0.1) is 6.04 Å². The second kappa shape index (κ2) is 7.35. The van der Waals surface area contributed by atoms with Crippen molar-refractivity contribution in [2.24, 2.45) is 0 Å². The van der Waals surface area contributed by atoms with E-state index in [2.05, 4.69) is 21.9 Å². The van der Waals surface area contributed by atoms with Crippen molar-refractivity contribution in [3.05, 3.63) is 42.5 Å². The van der Waals surface area contributed by atoms with E-state index in [1.54, 1.807) is 25.1 Å². The van der Waals surface area contributed by atoms with Crippen molar-refractivity contribution in [3.63, 3.8) is 0 Å². The number of hydrogen-bond acceptors (Lipinski definition) is 2. The van der Waals surface area contributed by atoms with Gasteiger partial charge in [0, 0.05) is 6.54 Å². The third-order valence-corrected chi connectivity index (χ3v) is 2.34. The molecule has 1 aromatic rings. The molecule has 0 heterocycles. The first-order valence-corrected chi connectivity index (χ1v) is 5.73. The molecule has 0 aliphatic carbocycles. The summed E-state index contributed by atoms with van der Waals surface area (Å²) < 4.78 is 28.5. The van der Waals surface area contributed by atoms with Gasteiger partial charge in [0.1, 0.15) is 5.75 Å². The fraction of sp³-hybridized carbons (Fsp3) is 0.308. The Morgan fingerprint density at radius 1 is 1.53 bits per heavy atom. The number of halogens is 2. The lowest BCUT2D eigenvalue weighted by atomic mass is 10.1. The van der Waals surface area contributed by atoms with E-state index in [1.165, 1.54) is 12.1 Å². The molecule has 1 atom stereocenters. The molecule has 1 aromatic carbocycles. The maximum Gasteiger partial charge on any atom is 0.387 e. The monoisotopic (exact) mass is 270 g/mol. The number of ether oxygens (including phenoxy) is 1. The molecule has 0 radical (unpaired) electrons. The molecule has 6 heteroatoms. The number of hydrogen-bond donors (Lipinski definition) is 2. The zero-order valence-electron chi connectivity index (χ0n) is 10.5. The smallest absolute Gasteiger partial charge is 0.387 e. The average Bonchev–Trinajstić information content (AvgIpc) is 2.35. The first-order valence-electron chi connectivity index (χ1n) is 5.73. The second-order valence-corrected chi connectivity index (χ2v) is 3.82. The Morgan fingerprint density at radius 3 is 2.89 bits per heavy atom. The minimum atomic E-state index is -2.87. The van der Waals surface area contributed by atoms with E-state index >= 15 is 0 Å². The van der Waals surface area contributed by atoms with Crippen molar-refractivity contribution < 1.29 is 18.3 Å². The maximum atomic E-state index is 12.1. The number of amides is 2. The van der Waals surface area contributed by atoms with Gasteiger partial charge in [-0.25, -0.2) is 4.79 Å². The number of nitrogens with one attached hydrogen (secondary N) is 2. The zero-order chi connectivity index (χ0) is 14.3. The van der Waals surface area contributed by atoms with Crippen LogP contribution in [0.3, 0.4) is 0 Å². The van der Waals surface area contributed by atoms with Crippen molar-refractivity contribution in [3.8, 4) is 5.75 Å². The largest absolute Gasteiger partial charge is 0.435 e.